The molecule has 0 radical (unpaired) electrons. The molecule has 0 heterocycles. The molecule has 0 spiro atoms. The molecule has 70 valence electrons. The Balaban J connectivity index is 3.07. The van der Waals surface area contributed by atoms with Crippen LogP contribution in [-0.2, 0) is 4.79 Å². The number of carbonyl (C=O) groups is 1. The van der Waals surface area contributed by atoms with E-state index < -0.39 is 11.9 Å². The van der Waals surface area contributed by atoms with Crippen LogP contribution in [0.25, 0.3) is 0 Å². The molecule has 1 aromatic rings. The summed E-state index contributed by atoms with van der Waals surface area (Å²) in [7, 11) is 0. The number of rotatable bonds is 2. The predicted octanol–water partition coefficient (Wildman–Crippen LogP) is 2.32. The molecule has 0 bridgehead atoms. The van der Waals surface area contributed by atoms with Gasteiger partial charge >= 0.3 is 5.97 Å². The summed E-state index contributed by atoms with van der Waals surface area (Å²) in [5.74, 6) is -1.98. The normalized spacial score (nSPS) is 12.5. The lowest BCUT2D eigenvalue weighted by Gasteiger charge is -2.07. The maximum atomic E-state index is 12.9. The predicted molar refractivity (Wildman–Crippen MR) is 47.2 cm³/mol. The van der Waals surface area contributed by atoms with Gasteiger partial charge < -0.3 is 5.11 Å². The quantitative estimate of drug-likeness (QED) is 0.762. The van der Waals surface area contributed by atoms with Gasteiger partial charge in [-0.05, 0) is 37.1 Å². The molecule has 1 atom stereocenters. The van der Waals surface area contributed by atoms with Crippen LogP contribution in [-0.4, -0.2) is 11.1 Å². The van der Waals surface area contributed by atoms with E-state index in [1.165, 1.54) is 19.1 Å². The number of halogens is 1. The molecule has 0 fully saturated rings. The number of aliphatic carboxylic acids is 1. The van der Waals surface area contributed by atoms with Crippen LogP contribution in [0.4, 0.5) is 4.39 Å². The van der Waals surface area contributed by atoms with Crippen molar-refractivity contribution in [3.05, 3.63) is 35.1 Å². The maximum absolute atomic E-state index is 12.9. The largest absolute Gasteiger partial charge is 0.481 e. The average Bonchev–Trinajstić information content (AvgIpc) is 2.01. The van der Waals surface area contributed by atoms with Gasteiger partial charge in [-0.2, -0.15) is 0 Å². The standard InChI is InChI=1S/C10H11FO2/c1-6-3-8(5-9(11)4-6)7(2)10(12)13/h3-5,7H,1-2H3,(H,12,13). The third-order valence-corrected chi connectivity index (χ3v) is 1.93. The summed E-state index contributed by atoms with van der Waals surface area (Å²) in [4.78, 5) is 10.6. The number of carboxylic acid groups (broad SMARTS) is 1. The molecule has 1 unspecified atom stereocenters. The minimum absolute atomic E-state index is 0.386. The minimum atomic E-state index is -0.940. The van der Waals surface area contributed by atoms with Crippen LogP contribution in [0, 0.1) is 12.7 Å². The first kappa shape index (κ1) is 9.71. The lowest BCUT2D eigenvalue weighted by Crippen LogP contribution is -2.07. The van der Waals surface area contributed by atoms with Crippen molar-refractivity contribution in [2.45, 2.75) is 19.8 Å². The van der Waals surface area contributed by atoms with Crippen molar-refractivity contribution in [3.8, 4) is 0 Å². The van der Waals surface area contributed by atoms with Gasteiger partial charge in [-0.25, -0.2) is 4.39 Å². The molecule has 1 aromatic carbocycles. The molecule has 3 heteroatoms. The van der Waals surface area contributed by atoms with Gasteiger partial charge in [-0.15, -0.1) is 0 Å². The van der Waals surface area contributed by atoms with Gasteiger partial charge in [0.25, 0.3) is 0 Å². The van der Waals surface area contributed by atoms with Gasteiger partial charge in [0.15, 0.2) is 0 Å². The number of hydrogen-bond donors (Lipinski definition) is 1. The molecule has 0 amide bonds. The fraction of sp³-hybridized carbons (Fsp3) is 0.300. The number of carboxylic acids is 1. The van der Waals surface area contributed by atoms with E-state index in [0.717, 1.165) is 5.56 Å². The molecule has 0 saturated heterocycles. The van der Waals surface area contributed by atoms with Crippen molar-refractivity contribution in [3.63, 3.8) is 0 Å². The first-order chi connectivity index (χ1) is 6.00. The van der Waals surface area contributed by atoms with Crippen LogP contribution < -0.4 is 0 Å². The van der Waals surface area contributed by atoms with E-state index in [1.807, 2.05) is 0 Å². The van der Waals surface area contributed by atoms with Crippen LogP contribution in [0.1, 0.15) is 24.0 Å². The Kier molecular flexibility index (Phi) is 2.66. The summed E-state index contributed by atoms with van der Waals surface area (Å²) in [6.07, 6.45) is 0. The number of hydrogen-bond acceptors (Lipinski definition) is 1. The Morgan fingerprint density at radius 2 is 2.08 bits per heavy atom. The van der Waals surface area contributed by atoms with E-state index in [9.17, 15) is 9.18 Å². The fourth-order valence-electron chi connectivity index (χ4n) is 1.16. The van der Waals surface area contributed by atoms with E-state index in [2.05, 4.69) is 0 Å². The molecule has 2 nitrogen and oxygen atoms in total. The lowest BCUT2D eigenvalue weighted by molar-refractivity contribution is -0.138. The molecule has 1 N–H and O–H groups in total. The second-order valence-electron chi connectivity index (χ2n) is 3.12. The van der Waals surface area contributed by atoms with Crippen LogP contribution >= 0.6 is 0 Å². The van der Waals surface area contributed by atoms with Gasteiger partial charge in [-0.3, -0.25) is 4.79 Å². The van der Waals surface area contributed by atoms with Crippen molar-refractivity contribution in [2.75, 3.05) is 0 Å². The highest BCUT2D eigenvalue weighted by molar-refractivity contribution is 5.75. The molecule has 0 aliphatic heterocycles. The topological polar surface area (TPSA) is 37.3 Å². The molecule has 0 aromatic heterocycles. The van der Waals surface area contributed by atoms with E-state index in [1.54, 1.807) is 13.0 Å². The summed E-state index contributed by atoms with van der Waals surface area (Å²) in [5.41, 5.74) is 1.24. The van der Waals surface area contributed by atoms with Crippen molar-refractivity contribution in [2.24, 2.45) is 0 Å². The van der Waals surface area contributed by atoms with E-state index in [4.69, 9.17) is 5.11 Å². The Bertz CT molecular complexity index is 313. The van der Waals surface area contributed by atoms with Crippen LogP contribution in [0.15, 0.2) is 18.2 Å². The Hall–Kier alpha value is -1.38. The Labute approximate surface area is 76.0 Å². The highest BCUT2D eigenvalue weighted by Crippen LogP contribution is 2.18. The smallest absolute Gasteiger partial charge is 0.310 e. The van der Waals surface area contributed by atoms with Crippen LogP contribution in [0.2, 0.25) is 0 Å². The Morgan fingerprint density at radius 3 is 2.54 bits per heavy atom. The number of aryl methyl sites for hydroxylation is 1. The van der Waals surface area contributed by atoms with Gasteiger partial charge in [0.2, 0.25) is 0 Å². The zero-order valence-electron chi connectivity index (χ0n) is 7.54. The van der Waals surface area contributed by atoms with Crippen molar-refractivity contribution >= 4 is 5.97 Å². The van der Waals surface area contributed by atoms with Crippen molar-refractivity contribution in [1.29, 1.82) is 0 Å². The maximum Gasteiger partial charge on any atom is 0.310 e. The molecular formula is C10H11FO2. The second kappa shape index (κ2) is 3.56. The minimum Gasteiger partial charge on any atom is -0.481 e. The summed E-state index contributed by atoms with van der Waals surface area (Å²) in [6.45, 7) is 3.28. The zero-order chi connectivity index (χ0) is 10.0. The first-order valence-corrected chi connectivity index (χ1v) is 4.00. The van der Waals surface area contributed by atoms with Gasteiger partial charge in [0, 0.05) is 0 Å². The summed E-state index contributed by atoms with van der Waals surface area (Å²) in [5, 5.41) is 8.69. The van der Waals surface area contributed by atoms with Gasteiger partial charge in [-0.1, -0.05) is 6.07 Å². The van der Waals surface area contributed by atoms with Gasteiger partial charge in [0.05, 0.1) is 5.92 Å². The van der Waals surface area contributed by atoms with Crippen LogP contribution in [0.3, 0.4) is 0 Å². The third kappa shape index (κ3) is 2.28. The Morgan fingerprint density at radius 1 is 1.46 bits per heavy atom. The van der Waals surface area contributed by atoms with Crippen LogP contribution in [0.5, 0.6) is 0 Å². The molecule has 0 saturated carbocycles. The highest BCUT2D eigenvalue weighted by atomic mass is 19.1. The average molecular weight is 182 g/mol. The summed E-state index contributed by atoms with van der Waals surface area (Å²) < 4.78 is 12.9. The van der Waals surface area contributed by atoms with E-state index >= 15 is 0 Å². The summed E-state index contributed by atoms with van der Waals surface area (Å²) in [6, 6.07) is 4.31. The number of benzene rings is 1. The molecule has 0 aliphatic rings. The molecule has 1 rings (SSSR count). The molecule has 0 aliphatic carbocycles. The molecule has 13 heavy (non-hydrogen) atoms. The monoisotopic (exact) mass is 182 g/mol. The van der Waals surface area contributed by atoms with Crippen molar-refractivity contribution in [1.82, 2.24) is 0 Å². The first-order valence-electron chi connectivity index (χ1n) is 4.00. The highest BCUT2D eigenvalue weighted by Gasteiger charge is 2.14. The fourth-order valence-corrected chi connectivity index (χ4v) is 1.16. The van der Waals surface area contributed by atoms with E-state index in [-0.39, 0.29) is 5.82 Å². The van der Waals surface area contributed by atoms with Crippen molar-refractivity contribution < 1.29 is 14.3 Å². The lowest BCUT2D eigenvalue weighted by atomic mass is 9.99. The second-order valence-corrected chi connectivity index (χ2v) is 3.12. The van der Waals surface area contributed by atoms with E-state index in [0.29, 0.717) is 5.56 Å². The van der Waals surface area contributed by atoms with Gasteiger partial charge in [0.1, 0.15) is 5.82 Å². The zero-order valence-corrected chi connectivity index (χ0v) is 7.54. The summed E-state index contributed by atoms with van der Waals surface area (Å²) >= 11 is 0. The SMILES string of the molecule is Cc1cc(F)cc(C(C)C(=O)O)c1. The molecular weight excluding hydrogens is 171 g/mol. The third-order valence-electron chi connectivity index (χ3n) is 1.93.